The molecule has 0 spiro atoms. The quantitative estimate of drug-likeness (QED) is 0.440. The molecule has 3 aromatic rings. The first-order valence-electron chi connectivity index (χ1n) is 11.7. The third-order valence-corrected chi connectivity index (χ3v) is 8.61. The molecule has 2 amide bonds. The van der Waals surface area contributed by atoms with Gasteiger partial charge < -0.3 is 0 Å². The molecule has 6 rings (SSSR count). The zero-order chi connectivity index (χ0) is 24.3. The van der Waals surface area contributed by atoms with E-state index in [4.69, 9.17) is 16.4 Å². The van der Waals surface area contributed by atoms with Crippen molar-refractivity contribution in [2.75, 3.05) is 9.96 Å². The molecule has 0 unspecified atom stereocenters. The molecular formula is C27H22ClN3O3S. The van der Waals surface area contributed by atoms with Crippen LogP contribution in [0.25, 0.3) is 0 Å². The lowest BCUT2D eigenvalue weighted by atomic mass is 9.90. The number of nitriles is 1. The lowest BCUT2D eigenvalue weighted by Gasteiger charge is -2.28. The molecule has 3 heterocycles. The number of hydrogen-bond donors (Lipinski definition) is 0. The predicted molar refractivity (Wildman–Crippen MR) is 134 cm³/mol. The average molecular weight is 504 g/mol. The van der Waals surface area contributed by atoms with Gasteiger partial charge in [0.25, 0.3) is 5.91 Å². The van der Waals surface area contributed by atoms with Crippen molar-refractivity contribution in [1.82, 2.24) is 0 Å². The third kappa shape index (κ3) is 3.48. The van der Waals surface area contributed by atoms with Crippen LogP contribution in [0.15, 0.2) is 48.5 Å². The van der Waals surface area contributed by atoms with E-state index in [1.807, 2.05) is 43.3 Å². The fourth-order valence-corrected chi connectivity index (χ4v) is 6.83. The number of hydroxylamine groups is 1. The van der Waals surface area contributed by atoms with Crippen LogP contribution in [0.5, 0.6) is 0 Å². The van der Waals surface area contributed by atoms with E-state index < -0.39 is 24.0 Å². The van der Waals surface area contributed by atoms with Crippen molar-refractivity contribution in [3.63, 3.8) is 0 Å². The number of fused-ring (bicyclic) bond motifs is 2. The first-order valence-corrected chi connectivity index (χ1v) is 12.9. The average Bonchev–Trinajstić information content (AvgIpc) is 3.50. The third-order valence-electron chi connectivity index (χ3n) is 7.08. The van der Waals surface area contributed by atoms with Crippen LogP contribution in [-0.4, -0.2) is 17.9 Å². The number of imide groups is 1. The van der Waals surface area contributed by atoms with Gasteiger partial charge in [-0.25, -0.2) is 9.96 Å². The summed E-state index contributed by atoms with van der Waals surface area (Å²) < 4.78 is 0. The van der Waals surface area contributed by atoms with Crippen LogP contribution in [0.4, 0.5) is 10.7 Å². The SMILES string of the molecule is Cc1ccc([C@H]2[C@@H]3C(=O)N(c4sc5c(c4C#N)CCCC5)C(=O)[C@@H]3ON2c2ccc(Cl)cc2)cc1. The molecule has 1 aromatic heterocycles. The maximum atomic E-state index is 13.9. The van der Waals surface area contributed by atoms with Gasteiger partial charge in [-0.15, -0.1) is 11.3 Å². The standard InChI is InChI=1S/C27H22ClN3O3S/c1-15-6-8-16(9-7-15)23-22-24(34-31(23)18-12-10-17(28)11-13-18)26(33)30(25(22)32)27-20(14-29)19-4-2-3-5-21(19)35-27/h6-13,22-24H,2-5H2,1H3/t22-,23-,24+/m0/s1. The Morgan fingerprint density at radius 1 is 1.03 bits per heavy atom. The summed E-state index contributed by atoms with van der Waals surface area (Å²) in [6.07, 6.45) is 2.80. The van der Waals surface area contributed by atoms with Crippen LogP contribution in [0.1, 0.15) is 46.0 Å². The largest absolute Gasteiger partial charge is 0.273 e. The first-order chi connectivity index (χ1) is 17.0. The summed E-state index contributed by atoms with van der Waals surface area (Å²) in [6, 6.07) is 16.8. The second kappa shape index (κ2) is 8.49. The molecule has 6 nitrogen and oxygen atoms in total. The minimum atomic E-state index is -0.963. The molecule has 0 radical (unpaired) electrons. The Kier molecular flexibility index (Phi) is 5.41. The summed E-state index contributed by atoms with van der Waals surface area (Å²) >= 11 is 7.50. The Bertz CT molecular complexity index is 1380. The number of benzene rings is 2. The van der Waals surface area contributed by atoms with E-state index in [-0.39, 0.29) is 5.91 Å². The number of hydrogen-bond acceptors (Lipinski definition) is 6. The summed E-state index contributed by atoms with van der Waals surface area (Å²) in [5, 5.41) is 12.6. The molecule has 3 atom stereocenters. The molecule has 2 aliphatic heterocycles. The molecule has 0 N–H and O–H groups in total. The number of carbonyl (C=O) groups excluding carboxylic acids is 2. The molecular weight excluding hydrogens is 482 g/mol. The predicted octanol–water partition coefficient (Wildman–Crippen LogP) is 5.51. The Labute approximate surface area is 212 Å². The minimum Gasteiger partial charge on any atom is -0.273 e. The van der Waals surface area contributed by atoms with Crippen molar-refractivity contribution in [2.45, 2.75) is 44.8 Å². The number of thiophene rings is 1. The van der Waals surface area contributed by atoms with Crippen molar-refractivity contribution < 1.29 is 14.4 Å². The lowest BCUT2D eigenvalue weighted by molar-refractivity contribution is -0.126. The topological polar surface area (TPSA) is 73.6 Å². The molecule has 2 saturated heterocycles. The van der Waals surface area contributed by atoms with Gasteiger partial charge in [-0.1, -0.05) is 41.4 Å². The number of halogens is 1. The van der Waals surface area contributed by atoms with Crippen LogP contribution in [0.2, 0.25) is 5.02 Å². The molecule has 2 fully saturated rings. The van der Waals surface area contributed by atoms with E-state index in [1.54, 1.807) is 17.2 Å². The van der Waals surface area contributed by atoms with Crippen LogP contribution in [0, 0.1) is 24.2 Å². The maximum Gasteiger partial charge on any atom is 0.267 e. The molecule has 0 bridgehead atoms. The van der Waals surface area contributed by atoms with Gasteiger partial charge in [-0.2, -0.15) is 5.26 Å². The van der Waals surface area contributed by atoms with Gasteiger partial charge in [0.05, 0.1) is 17.3 Å². The summed E-state index contributed by atoms with van der Waals surface area (Å²) in [4.78, 5) is 36.2. The van der Waals surface area contributed by atoms with Crippen LogP contribution >= 0.6 is 22.9 Å². The Hall–Kier alpha value is -3.18. The summed E-state index contributed by atoms with van der Waals surface area (Å²) in [5.74, 6) is -1.47. The zero-order valence-corrected chi connectivity index (χ0v) is 20.6. The van der Waals surface area contributed by atoms with E-state index >= 15 is 0 Å². The van der Waals surface area contributed by atoms with Crippen LogP contribution in [0.3, 0.4) is 0 Å². The highest BCUT2D eigenvalue weighted by atomic mass is 35.5. The second-order valence-electron chi connectivity index (χ2n) is 9.22. The van der Waals surface area contributed by atoms with Gasteiger partial charge in [-0.3, -0.25) is 14.4 Å². The van der Waals surface area contributed by atoms with Crippen molar-refractivity contribution in [2.24, 2.45) is 5.92 Å². The lowest BCUT2D eigenvalue weighted by Crippen LogP contribution is -2.37. The van der Waals surface area contributed by atoms with Crippen molar-refractivity contribution in [1.29, 1.82) is 5.26 Å². The van der Waals surface area contributed by atoms with Gasteiger partial charge in [0.15, 0.2) is 6.10 Å². The minimum absolute atomic E-state index is 0.322. The van der Waals surface area contributed by atoms with Gasteiger partial charge in [0.1, 0.15) is 17.0 Å². The Balaban J connectivity index is 1.44. The van der Waals surface area contributed by atoms with Crippen molar-refractivity contribution in [3.8, 4) is 6.07 Å². The fraction of sp³-hybridized carbons (Fsp3) is 0.296. The van der Waals surface area contributed by atoms with E-state index in [2.05, 4.69) is 6.07 Å². The van der Waals surface area contributed by atoms with Crippen LogP contribution in [-0.2, 0) is 27.3 Å². The van der Waals surface area contributed by atoms with E-state index in [1.165, 1.54) is 16.2 Å². The normalized spacial score (nSPS) is 23.4. The van der Waals surface area contributed by atoms with Crippen molar-refractivity contribution >= 4 is 45.4 Å². The highest BCUT2D eigenvalue weighted by Gasteiger charge is 2.61. The number of amides is 2. The molecule has 8 heteroatoms. The van der Waals surface area contributed by atoms with Gasteiger partial charge >= 0.3 is 0 Å². The number of aryl methyl sites for hydroxylation is 2. The molecule has 0 saturated carbocycles. The molecule has 176 valence electrons. The smallest absolute Gasteiger partial charge is 0.267 e. The van der Waals surface area contributed by atoms with Gasteiger partial charge in [-0.05, 0) is 68.0 Å². The van der Waals surface area contributed by atoms with Crippen molar-refractivity contribution in [3.05, 3.63) is 80.7 Å². The first kappa shape index (κ1) is 22.3. The number of nitrogens with zero attached hydrogens (tertiary/aromatic N) is 3. The van der Waals surface area contributed by atoms with Crippen LogP contribution < -0.4 is 9.96 Å². The van der Waals surface area contributed by atoms with E-state index in [9.17, 15) is 14.9 Å². The molecule has 35 heavy (non-hydrogen) atoms. The molecule has 3 aliphatic rings. The van der Waals surface area contributed by atoms with Gasteiger partial charge in [0, 0.05) is 9.90 Å². The fourth-order valence-electron chi connectivity index (χ4n) is 5.35. The monoisotopic (exact) mass is 503 g/mol. The number of rotatable bonds is 3. The Morgan fingerprint density at radius 3 is 2.46 bits per heavy atom. The molecule has 1 aliphatic carbocycles. The molecule has 2 aromatic carbocycles. The Morgan fingerprint density at radius 2 is 1.74 bits per heavy atom. The van der Waals surface area contributed by atoms with E-state index in [0.717, 1.165) is 47.3 Å². The summed E-state index contributed by atoms with van der Waals surface area (Å²) in [6.45, 7) is 2.00. The zero-order valence-electron chi connectivity index (χ0n) is 19.0. The highest BCUT2D eigenvalue weighted by molar-refractivity contribution is 7.17. The van der Waals surface area contributed by atoms with Gasteiger partial charge in [0.2, 0.25) is 5.91 Å². The number of carbonyl (C=O) groups is 2. The second-order valence-corrected chi connectivity index (χ2v) is 10.7. The number of anilines is 2. The summed E-state index contributed by atoms with van der Waals surface area (Å²) in [7, 11) is 0. The highest BCUT2D eigenvalue weighted by Crippen LogP contribution is 2.50. The van der Waals surface area contributed by atoms with E-state index in [0.29, 0.717) is 21.3 Å². The maximum absolute atomic E-state index is 13.9. The summed E-state index contributed by atoms with van der Waals surface area (Å²) in [5.41, 5.74) is 4.15.